The Balaban J connectivity index is 1.32. The third kappa shape index (κ3) is 6.93. The van der Waals surface area contributed by atoms with Crippen molar-refractivity contribution < 1.29 is 0 Å². The van der Waals surface area contributed by atoms with Gasteiger partial charge in [-0.1, -0.05) is 54.6 Å². The largest absolute Gasteiger partial charge is 0.357 e. The molecule has 0 aliphatic carbocycles. The van der Waals surface area contributed by atoms with E-state index in [9.17, 15) is 0 Å². The van der Waals surface area contributed by atoms with E-state index in [1.54, 1.807) is 0 Å². The minimum absolute atomic E-state index is 0.441. The van der Waals surface area contributed by atoms with Gasteiger partial charge in [-0.15, -0.1) is 0 Å². The molecular formula is C27H36N6. The van der Waals surface area contributed by atoms with E-state index in [0.717, 1.165) is 45.0 Å². The van der Waals surface area contributed by atoms with Gasteiger partial charge in [0, 0.05) is 44.1 Å². The number of likely N-dealkylation sites (tertiary alicyclic amines) is 1. The van der Waals surface area contributed by atoms with Crippen LogP contribution in [0.2, 0.25) is 0 Å². The van der Waals surface area contributed by atoms with Crippen molar-refractivity contribution in [2.24, 2.45) is 4.99 Å². The average molecular weight is 445 g/mol. The average Bonchev–Trinajstić information content (AvgIpc) is 3.33. The van der Waals surface area contributed by atoms with Crippen molar-refractivity contribution in [3.05, 3.63) is 89.7 Å². The summed E-state index contributed by atoms with van der Waals surface area (Å²) in [6.07, 6.45) is 6.05. The van der Waals surface area contributed by atoms with Gasteiger partial charge in [0.15, 0.2) is 5.96 Å². The molecule has 4 rings (SSSR count). The van der Waals surface area contributed by atoms with Crippen LogP contribution in [0.3, 0.4) is 0 Å². The lowest BCUT2D eigenvalue weighted by molar-refractivity contribution is 0.134. The Bertz CT molecular complexity index is 998. The topological polar surface area (TPSA) is 57.5 Å². The molecule has 0 bridgehead atoms. The van der Waals surface area contributed by atoms with Crippen molar-refractivity contribution in [2.45, 2.75) is 58.4 Å². The van der Waals surface area contributed by atoms with Gasteiger partial charge in [-0.3, -0.25) is 9.58 Å². The summed E-state index contributed by atoms with van der Waals surface area (Å²) in [7, 11) is 0. The fourth-order valence-corrected chi connectivity index (χ4v) is 4.50. The number of aliphatic imine (C=N–C) groups is 1. The summed E-state index contributed by atoms with van der Waals surface area (Å²) in [6.45, 7) is 8.87. The molecule has 2 heterocycles. The first kappa shape index (κ1) is 23.1. The molecule has 6 heteroatoms. The lowest BCUT2D eigenvalue weighted by Gasteiger charge is -2.38. The maximum absolute atomic E-state index is 4.89. The van der Waals surface area contributed by atoms with E-state index >= 15 is 0 Å². The van der Waals surface area contributed by atoms with Crippen LogP contribution in [0.15, 0.2) is 78.0 Å². The molecule has 1 aromatic heterocycles. The number of guanidine groups is 1. The van der Waals surface area contributed by atoms with E-state index in [1.807, 2.05) is 23.1 Å². The van der Waals surface area contributed by atoms with Gasteiger partial charge < -0.3 is 10.6 Å². The fraction of sp³-hybridized carbons (Fsp3) is 0.407. The first-order valence-electron chi connectivity index (χ1n) is 12.1. The minimum atomic E-state index is 0.441. The van der Waals surface area contributed by atoms with Crippen molar-refractivity contribution in [3.8, 4) is 0 Å². The van der Waals surface area contributed by atoms with Gasteiger partial charge in [-0.05, 0) is 49.4 Å². The van der Waals surface area contributed by atoms with E-state index in [0.29, 0.717) is 18.6 Å². The summed E-state index contributed by atoms with van der Waals surface area (Å²) in [5.41, 5.74) is 3.84. The summed E-state index contributed by atoms with van der Waals surface area (Å²) in [6, 6.07) is 22.3. The van der Waals surface area contributed by atoms with Crippen LogP contribution < -0.4 is 10.6 Å². The van der Waals surface area contributed by atoms with Gasteiger partial charge in [-0.2, -0.15) is 5.10 Å². The Kier molecular flexibility index (Phi) is 8.14. The monoisotopic (exact) mass is 444 g/mol. The molecule has 0 spiro atoms. The second-order valence-electron chi connectivity index (χ2n) is 8.89. The van der Waals surface area contributed by atoms with Crippen molar-refractivity contribution in [1.82, 2.24) is 25.3 Å². The van der Waals surface area contributed by atoms with E-state index in [-0.39, 0.29) is 0 Å². The van der Waals surface area contributed by atoms with Crippen LogP contribution in [0.25, 0.3) is 0 Å². The Labute approximate surface area is 197 Å². The van der Waals surface area contributed by atoms with Crippen LogP contribution in [0.5, 0.6) is 0 Å². The molecule has 1 aliphatic heterocycles. The summed E-state index contributed by atoms with van der Waals surface area (Å²) >= 11 is 0. The van der Waals surface area contributed by atoms with Gasteiger partial charge in [0.05, 0.1) is 13.1 Å². The fourth-order valence-electron chi connectivity index (χ4n) is 4.50. The third-order valence-electron chi connectivity index (χ3n) is 6.24. The van der Waals surface area contributed by atoms with Gasteiger partial charge in [0.1, 0.15) is 0 Å². The van der Waals surface area contributed by atoms with E-state index in [4.69, 9.17) is 4.99 Å². The molecule has 0 radical (unpaired) electrons. The lowest BCUT2D eigenvalue weighted by atomic mass is 9.97. The molecule has 2 N–H and O–H groups in total. The van der Waals surface area contributed by atoms with Crippen LogP contribution in [-0.2, 0) is 19.6 Å². The maximum Gasteiger partial charge on any atom is 0.191 e. The summed E-state index contributed by atoms with van der Waals surface area (Å²) < 4.78 is 1.94. The Morgan fingerprint density at radius 3 is 2.61 bits per heavy atom. The van der Waals surface area contributed by atoms with E-state index in [2.05, 4.69) is 89.1 Å². The van der Waals surface area contributed by atoms with Crippen LogP contribution in [-0.4, -0.2) is 45.8 Å². The van der Waals surface area contributed by atoms with Crippen LogP contribution in [0.1, 0.15) is 43.4 Å². The zero-order valence-corrected chi connectivity index (χ0v) is 19.8. The summed E-state index contributed by atoms with van der Waals surface area (Å²) in [4.78, 5) is 7.47. The summed E-state index contributed by atoms with van der Waals surface area (Å²) in [5, 5.41) is 11.4. The Morgan fingerprint density at radius 1 is 1.03 bits per heavy atom. The van der Waals surface area contributed by atoms with Crippen molar-refractivity contribution in [3.63, 3.8) is 0 Å². The molecule has 2 aromatic carbocycles. The van der Waals surface area contributed by atoms with Crippen molar-refractivity contribution in [1.29, 1.82) is 0 Å². The normalized spacial score (nSPS) is 19.4. The molecule has 1 saturated heterocycles. The molecule has 0 amide bonds. The number of aromatic nitrogens is 2. The molecule has 3 aromatic rings. The highest BCUT2D eigenvalue weighted by atomic mass is 15.3. The maximum atomic E-state index is 4.89. The smallest absolute Gasteiger partial charge is 0.191 e. The second kappa shape index (κ2) is 11.7. The zero-order chi connectivity index (χ0) is 22.9. The highest BCUT2D eigenvalue weighted by molar-refractivity contribution is 5.80. The molecule has 33 heavy (non-hydrogen) atoms. The number of hydrogen-bond donors (Lipinski definition) is 2. The molecule has 6 nitrogen and oxygen atoms in total. The molecule has 174 valence electrons. The molecule has 0 saturated carbocycles. The molecular weight excluding hydrogens is 408 g/mol. The van der Waals surface area contributed by atoms with Gasteiger partial charge in [0.25, 0.3) is 0 Å². The number of nitrogens with one attached hydrogen (secondary N) is 2. The first-order chi connectivity index (χ1) is 16.2. The highest BCUT2D eigenvalue weighted by Crippen LogP contribution is 2.20. The number of hydrogen-bond acceptors (Lipinski definition) is 3. The lowest BCUT2D eigenvalue weighted by Crippen LogP contribution is -2.51. The first-order valence-corrected chi connectivity index (χ1v) is 12.1. The SMILES string of the molecule is CCNC(=NCc1cccc(Cn2cccn2)c1)NC1CCN(Cc2ccccc2)C(C)C1. The Morgan fingerprint density at radius 2 is 1.85 bits per heavy atom. The molecule has 2 unspecified atom stereocenters. The Hall–Kier alpha value is -3.12. The number of benzene rings is 2. The second-order valence-corrected chi connectivity index (χ2v) is 8.89. The number of rotatable bonds is 8. The number of piperidine rings is 1. The zero-order valence-electron chi connectivity index (χ0n) is 19.8. The predicted octanol–water partition coefficient (Wildman–Crippen LogP) is 4.04. The van der Waals surface area contributed by atoms with Crippen molar-refractivity contribution >= 4 is 5.96 Å². The van der Waals surface area contributed by atoms with Gasteiger partial charge in [-0.25, -0.2) is 4.99 Å². The van der Waals surface area contributed by atoms with E-state index in [1.165, 1.54) is 16.7 Å². The summed E-state index contributed by atoms with van der Waals surface area (Å²) in [5.74, 6) is 0.906. The molecule has 2 atom stereocenters. The number of nitrogens with zero attached hydrogens (tertiary/aromatic N) is 4. The van der Waals surface area contributed by atoms with E-state index < -0.39 is 0 Å². The molecule has 1 fully saturated rings. The van der Waals surface area contributed by atoms with Crippen LogP contribution >= 0.6 is 0 Å². The third-order valence-corrected chi connectivity index (χ3v) is 6.24. The predicted molar refractivity (Wildman–Crippen MR) is 135 cm³/mol. The van der Waals surface area contributed by atoms with Crippen LogP contribution in [0, 0.1) is 0 Å². The molecule has 1 aliphatic rings. The van der Waals surface area contributed by atoms with Crippen molar-refractivity contribution in [2.75, 3.05) is 13.1 Å². The highest BCUT2D eigenvalue weighted by Gasteiger charge is 2.25. The quantitative estimate of drug-likeness (QED) is 0.407. The standard InChI is InChI=1S/C27H36N6/c1-3-28-27(29-19-24-11-7-12-25(18-24)21-33-15-8-14-30-33)31-26-13-16-32(22(2)17-26)20-23-9-5-4-6-10-23/h4-12,14-15,18,22,26H,3,13,16-17,19-21H2,1-2H3,(H2,28,29,31). The van der Waals surface area contributed by atoms with Gasteiger partial charge in [0.2, 0.25) is 0 Å². The minimum Gasteiger partial charge on any atom is -0.357 e. The van der Waals surface area contributed by atoms with Crippen LogP contribution in [0.4, 0.5) is 0 Å². The van der Waals surface area contributed by atoms with Gasteiger partial charge >= 0.3 is 0 Å².